The number of carboxylic acid groups (broad SMARTS) is 1. The first-order valence-corrected chi connectivity index (χ1v) is 14.3. The molecule has 0 unspecified atom stereocenters. The van der Waals surface area contributed by atoms with Gasteiger partial charge in [-0.15, -0.1) is 0 Å². The van der Waals surface area contributed by atoms with E-state index in [-0.39, 0.29) is 10.6 Å². The average molecular weight is 590 g/mol. The quantitative estimate of drug-likeness (QED) is 0.225. The summed E-state index contributed by atoms with van der Waals surface area (Å²) < 4.78 is 75.3. The lowest BCUT2D eigenvalue weighted by molar-refractivity contribution is -0.140. The van der Waals surface area contributed by atoms with Crippen LogP contribution in [0.15, 0.2) is 93.7 Å². The minimum Gasteiger partial charge on any atom is -0.482 e. The molecule has 0 bridgehead atoms. The highest BCUT2D eigenvalue weighted by atomic mass is 32.2. The number of ether oxygens (including phenoxy) is 2. The third-order valence-corrected chi connectivity index (χ3v) is 7.61. The van der Waals surface area contributed by atoms with Crippen LogP contribution < -0.4 is 9.47 Å². The summed E-state index contributed by atoms with van der Waals surface area (Å²) in [5.74, 6) is -1.21. The maximum absolute atomic E-state index is 13.5. The summed E-state index contributed by atoms with van der Waals surface area (Å²) in [6.45, 7) is 1.27. The lowest BCUT2D eigenvalue weighted by Crippen LogP contribution is -2.09. The van der Waals surface area contributed by atoms with Gasteiger partial charge < -0.3 is 14.6 Å². The lowest BCUT2D eigenvalue weighted by atomic mass is 10.1. The van der Waals surface area contributed by atoms with Crippen LogP contribution in [-0.4, -0.2) is 37.3 Å². The number of hydrogen-bond acceptors (Lipinski definition) is 7. The van der Waals surface area contributed by atoms with Gasteiger partial charge in [0.05, 0.1) is 4.90 Å². The third kappa shape index (κ3) is 7.33. The van der Waals surface area contributed by atoms with E-state index in [1.54, 1.807) is 55.5 Å². The van der Waals surface area contributed by atoms with Crippen molar-refractivity contribution in [1.82, 2.24) is 4.98 Å². The van der Waals surface area contributed by atoms with Crippen molar-refractivity contribution in [1.29, 1.82) is 0 Å². The summed E-state index contributed by atoms with van der Waals surface area (Å²) >= 11 is 1.30. The number of pyridine rings is 1. The lowest BCUT2D eigenvalue weighted by Gasteiger charge is -2.15. The highest BCUT2D eigenvalue weighted by molar-refractivity contribution is 7.99. The van der Waals surface area contributed by atoms with Crippen molar-refractivity contribution in [3.05, 3.63) is 90.1 Å². The molecule has 0 saturated carbocycles. The average Bonchev–Trinajstić information content (AvgIpc) is 2.87. The Kier molecular flexibility index (Phi) is 8.40. The van der Waals surface area contributed by atoms with Crippen molar-refractivity contribution in [2.24, 2.45) is 0 Å². The molecule has 40 heavy (non-hydrogen) atoms. The summed E-state index contributed by atoms with van der Waals surface area (Å²) in [6, 6.07) is 18.2. The molecule has 0 saturated heterocycles. The molecule has 1 aromatic heterocycles. The fraction of sp³-hybridized carbons (Fsp3) is 0.143. The van der Waals surface area contributed by atoms with Gasteiger partial charge in [0.25, 0.3) is 0 Å². The van der Waals surface area contributed by atoms with Gasteiger partial charge in [-0.05, 0) is 84.3 Å². The van der Waals surface area contributed by atoms with E-state index in [9.17, 15) is 26.4 Å². The number of aromatic nitrogens is 1. The smallest absolute Gasteiger partial charge is 0.421 e. The van der Waals surface area contributed by atoms with Crippen LogP contribution in [0.3, 0.4) is 0 Å². The molecule has 208 valence electrons. The number of alkyl halides is 3. The molecule has 4 aromatic rings. The number of benzene rings is 3. The maximum atomic E-state index is 13.5. The Hall–Kier alpha value is -4.03. The molecule has 12 heteroatoms. The molecule has 1 N–H and O–H groups in total. The minimum atomic E-state index is -4.68. The van der Waals surface area contributed by atoms with Crippen molar-refractivity contribution >= 4 is 27.6 Å². The van der Waals surface area contributed by atoms with E-state index in [0.29, 0.717) is 27.3 Å². The van der Waals surface area contributed by atoms with Crippen LogP contribution in [0.1, 0.15) is 11.1 Å². The molecule has 0 aliphatic rings. The van der Waals surface area contributed by atoms with Crippen LogP contribution in [0.5, 0.6) is 17.4 Å². The van der Waals surface area contributed by atoms with Crippen LogP contribution >= 0.6 is 11.8 Å². The van der Waals surface area contributed by atoms with Crippen molar-refractivity contribution in [2.75, 3.05) is 12.9 Å². The molecule has 0 aliphatic heterocycles. The van der Waals surface area contributed by atoms with Gasteiger partial charge in [-0.2, -0.15) is 13.2 Å². The first-order chi connectivity index (χ1) is 18.8. The highest BCUT2D eigenvalue weighted by Gasteiger charge is 2.35. The topological polar surface area (TPSA) is 103 Å². The van der Waals surface area contributed by atoms with E-state index < -0.39 is 40.0 Å². The Labute approximate surface area is 232 Å². The molecule has 1 heterocycles. The van der Waals surface area contributed by atoms with Gasteiger partial charge in [0.1, 0.15) is 17.1 Å². The number of aryl methyl sites for hydroxylation is 1. The zero-order chi connectivity index (χ0) is 29.1. The standard InChI is InChI=1S/C28H22F3NO6S2/c1-17-12-21(7-10-25(17)37-16-26(33)34)39-22-14-19(18-5-8-23(9-6-18)40(2,35)36)13-20(15-22)38-27-24(28(29,30)31)4-3-11-32-27/h3-15H,16H2,1-2H3,(H,33,34). The zero-order valence-electron chi connectivity index (χ0n) is 21.1. The number of sulfone groups is 1. The number of nitrogens with zero attached hydrogens (tertiary/aromatic N) is 1. The fourth-order valence-electron chi connectivity index (χ4n) is 3.67. The number of hydrogen-bond donors (Lipinski definition) is 1. The number of carboxylic acids is 1. The fourth-order valence-corrected chi connectivity index (χ4v) is 5.31. The SMILES string of the molecule is Cc1cc(Sc2cc(Oc3ncccc3C(F)(F)F)cc(-c3ccc(S(C)(=O)=O)cc3)c2)ccc1OCC(=O)O. The van der Waals surface area contributed by atoms with Gasteiger partial charge in [-0.1, -0.05) is 23.9 Å². The molecule has 0 fully saturated rings. The summed E-state index contributed by atoms with van der Waals surface area (Å²) in [5.41, 5.74) is 0.853. The molecule has 3 aromatic carbocycles. The monoisotopic (exact) mass is 589 g/mol. The molecule has 0 atom stereocenters. The second kappa shape index (κ2) is 11.6. The summed E-state index contributed by atoms with van der Waals surface area (Å²) in [4.78, 5) is 16.1. The minimum absolute atomic E-state index is 0.0922. The van der Waals surface area contributed by atoms with Gasteiger partial charge in [0, 0.05) is 22.2 Å². The van der Waals surface area contributed by atoms with Gasteiger partial charge in [-0.25, -0.2) is 18.2 Å². The molecular weight excluding hydrogens is 567 g/mol. The van der Waals surface area contributed by atoms with E-state index in [0.717, 1.165) is 17.2 Å². The summed E-state index contributed by atoms with van der Waals surface area (Å²) in [5, 5.41) is 8.85. The predicted octanol–water partition coefficient (Wildman–Crippen LogP) is 6.89. The summed E-state index contributed by atoms with van der Waals surface area (Å²) in [6.07, 6.45) is -2.39. The highest BCUT2D eigenvalue weighted by Crippen LogP contribution is 2.40. The second-order valence-corrected chi connectivity index (χ2v) is 11.8. The van der Waals surface area contributed by atoms with Crippen LogP contribution in [0.4, 0.5) is 13.2 Å². The Morgan fingerprint density at radius 3 is 2.33 bits per heavy atom. The molecule has 0 spiro atoms. The second-order valence-electron chi connectivity index (χ2n) is 8.66. The van der Waals surface area contributed by atoms with Gasteiger partial charge in [-0.3, -0.25) is 0 Å². The third-order valence-electron chi connectivity index (χ3n) is 5.52. The van der Waals surface area contributed by atoms with Crippen molar-refractivity contribution in [3.63, 3.8) is 0 Å². The Morgan fingerprint density at radius 2 is 1.70 bits per heavy atom. The van der Waals surface area contributed by atoms with Gasteiger partial charge >= 0.3 is 12.1 Å². The van der Waals surface area contributed by atoms with Gasteiger partial charge in [0.2, 0.25) is 5.88 Å². The zero-order valence-corrected chi connectivity index (χ0v) is 22.7. The van der Waals surface area contributed by atoms with Crippen molar-refractivity contribution < 1.29 is 41.0 Å². The summed E-state index contributed by atoms with van der Waals surface area (Å²) in [7, 11) is -3.42. The van der Waals surface area contributed by atoms with E-state index in [1.807, 2.05) is 0 Å². The van der Waals surface area contributed by atoms with Crippen LogP contribution in [0.25, 0.3) is 11.1 Å². The van der Waals surface area contributed by atoms with Crippen LogP contribution in [0, 0.1) is 6.92 Å². The molecular formula is C28H22F3NO6S2. The predicted molar refractivity (Wildman–Crippen MR) is 143 cm³/mol. The van der Waals surface area contributed by atoms with Crippen LogP contribution in [-0.2, 0) is 20.8 Å². The first kappa shape index (κ1) is 29.0. The normalized spacial score (nSPS) is 11.7. The van der Waals surface area contributed by atoms with Crippen molar-refractivity contribution in [2.45, 2.75) is 27.8 Å². The Morgan fingerprint density at radius 1 is 0.975 bits per heavy atom. The van der Waals surface area contributed by atoms with Crippen molar-refractivity contribution in [3.8, 4) is 28.5 Å². The largest absolute Gasteiger partial charge is 0.482 e. The first-order valence-electron chi connectivity index (χ1n) is 11.6. The Balaban J connectivity index is 1.73. The van der Waals surface area contributed by atoms with E-state index in [1.165, 1.54) is 36.2 Å². The van der Waals surface area contributed by atoms with E-state index in [2.05, 4.69) is 4.98 Å². The molecule has 0 radical (unpaired) electrons. The van der Waals surface area contributed by atoms with Gasteiger partial charge in [0.15, 0.2) is 16.4 Å². The molecule has 4 rings (SSSR count). The molecule has 0 aliphatic carbocycles. The number of rotatable bonds is 9. The number of carbonyl (C=O) groups is 1. The van der Waals surface area contributed by atoms with E-state index in [4.69, 9.17) is 14.6 Å². The number of halogens is 3. The maximum Gasteiger partial charge on any atom is 0.421 e. The molecule has 0 amide bonds. The number of aliphatic carboxylic acids is 1. The Bertz CT molecular complexity index is 1660. The van der Waals surface area contributed by atoms with Crippen LogP contribution in [0.2, 0.25) is 0 Å². The molecule has 7 nitrogen and oxygen atoms in total. The van der Waals surface area contributed by atoms with E-state index >= 15 is 0 Å².